The molecule has 0 saturated carbocycles. The first-order valence-corrected chi connectivity index (χ1v) is 6.62. The highest BCUT2D eigenvalue weighted by Crippen LogP contribution is 2.36. The van der Waals surface area contributed by atoms with E-state index in [9.17, 15) is 18.0 Å². The topological polar surface area (TPSA) is 35.5 Å². The largest absolute Gasteiger partial charge is 0.492 e. The molecular weight excluding hydrogens is 285 g/mol. The van der Waals surface area contributed by atoms with E-state index in [-0.39, 0.29) is 18.3 Å². The number of methoxy groups -OCH3 is 1. The van der Waals surface area contributed by atoms with Crippen LogP contribution in [-0.2, 0) is 15.7 Å². The summed E-state index contributed by atoms with van der Waals surface area (Å²) >= 11 is 0. The summed E-state index contributed by atoms with van der Waals surface area (Å²) in [5, 5.41) is 0. The number of esters is 1. The molecule has 6 heteroatoms. The SMILES string of the molecule is COC(=O)C(COc1ccccc1C(F)(F)F)CC(C)C. The van der Waals surface area contributed by atoms with Gasteiger partial charge in [-0.1, -0.05) is 26.0 Å². The van der Waals surface area contributed by atoms with Crippen molar-refractivity contribution >= 4 is 5.97 Å². The van der Waals surface area contributed by atoms with Crippen LogP contribution in [0.15, 0.2) is 24.3 Å². The molecule has 21 heavy (non-hydrogen) atoms. The van der Waals surface area contributed by atoms with Gasteiger partial charge in [0.05, 0.1) is 18.6 Å². The molecule has 0 heterocycles. The molecule has 3 nitrogen and oxygen atoms in total. The summed E-state index contributed by atoms with van der Waals surface area (Å²) in [5.74, 6) is -1.14. The second kappa shape index (κ2) is 7.33. The maximum absolute atomic E-state index is 12.8. The molecule has 0 bridgehead atoms. The maximum atomic E-state index is 12.8. The van der Waals surface area contributed by atoms with Crippen LogP contribution in [0.1, 0.15) is 25.8 Å². The first-order chi connectivity index (χ1) is 9.75. The van der Waals surface area contributed by atoms with Gasteiger partial charge in [0.25, 0.3) is 0 Å². The number of halogens is 3. The van der Waals surface area contributed by atoms with Crippen molar-refractivity contribution in [2.24, 2.45) is 11.8 Å². The molecule has 0 aliphatic carbocycles. The summed E-state index contributed by atoms with van der Waals surface area (Å²) in [7, 11) is 1.25. The average Bonchev–Trinajstić information content (AvgIpc) is 2.41. The minimum absolute atomic E-state index is 0.141. The number of para-hydroxylation sites is 1. The van der Waals surface area contributed by atoms with Crippen molar-refractivity contribution in [1.29, 1.82) is 0 Å². The Kier molecular flexibility index (Phi) is 6.05. The molecule has 1 aromatic rings. The van der Waals surface area contributed by atoms with Crippen molar-refractivity contribution in [3.63, 3.8) is 0 Å². The Morgan fingerprint density at radius 3 is 2.38 bits per heavy atom. The lowest BCUT2D eigenvalue weighted by Gasteiger charge is -2.19. The number of carbonyl (C=O) groups is 1. The Morgan fingerprint density at radius 1 is 1.24 bits per heavy atom. The molecule has 0 aliphatic heterocycles. The van der Waals surface area contributed by atoms with Crippen molar-refractivity contribution in [2.45, 2.75) is 26.4 Å². The Balaban J connectivity index is 2.83. The molecule has 0 N–H and O–H groups in total. The number of carbonyl (C=O) groups excluding carboxylic acids is 1. The lowest BCUT2D eigenvalue weighted by Crippen LogP contribution is -2.25. The molecular formula is C15H19F3O3. The lowest BCUT2D eigenvalue weighted by atomic mass is 9.98. The minimum atomic E-state index is -4.49. The van der Waals surface area contributed by atoms with Gasteiger partial charge < -0.3 is 9.47 Å². The standard InChI is InChI=1S/C15H19F3O3/c1-10(2)8-11(14(19)20-3)9-21-13-7-5-4-6-12(13)15(16,17)18/h4-7,10-11H,8-9H2,1-3H3. The van der Waals surface area contributed by atoms with Crippen LogP contribution in [0.3, 0.4) is 0 Å². The Morgan fingerprint density at radius 2 is 1.86 bits per heavy atom. The minimum Gasteiger partial charge on any atom is -0.492 e. The zero-order valence-electron chi connectivity index (χ0n) is 12.2. The van der Waals surface area contributed by atoms with Gasteiger partial charge in [0, 0.05) is 0 Å². The van der Waals surface area contributed by atoms with E-state index >= 15 is 0 Å². The van der Waals surface area contributed by atoms with E-state index < -0.39 is 23.6 Å². The molecule has 0 amide bonds. The van der Waals surface area contributed by atoms with Gasteiger partial charge in [-0.15, -0.1) is 0 Å². The molecule has 1 rings (SSSR count). The van der Waals surface area contributed by atoms with E-state index in [2.05, 4.69) is 4.74 Å². The number of ether oxygens (including phenoxy) is 2. The zero-order chi connectivity index (χ0) is 16.0. The molecule has 0 aromatic heterocycles. The number of rotatable bonds is 6. The van der Waals surface area contributed by atoms with E-state index in [1.54, 1.807) is 0 Å². The van der Waals surface area contributed by atoms with Crippen molar-refractivity contribution in [1.82, 2.24) is 0 Å². The first-order valence-electron chi connectivity index (χ1n) is 6.62. The van der Waals surface area contributed by atoms with Gasteiger partial charge >= 0.3 is 12.1 Å². The first kappa shape index (κ1) is 17.3. The van der Waals surface area contributed by atoms with Crippen molar-refractivity contribution in [2.75, 3.05) is 13.7 Å². The fraction of sp³-hybridized carbons (Fsp3) is 0.533. The summed E-state index contributed by atoms with van der Waals surface area (Å²) < 4.78 is 48.4. The van der Waals surface area contributed by atoms with Crippen LogP contribution < -0.4 is 4.74 Å². The summed E-state index contributed by atoms with van der Waals surface area (Å²) in [5.41, 5.74) is -0.849. The zero-order valence-corrected chi connectivity index (χ0v) is 12.2. The third-order valence-corrected chi connectivity index (χ3v) is 2.92. The van der Waals surface area contributed by atoms with E-state index in [4.69, 9.17) is 4.74 Å². The van der Waals surface area contributed by atoms with Crippen molar-refractivity contribution in [3.05, 3.63) is 29.8 Å². The summed E-state index contributed by atoms with van der Waals surface area (Å²) in [6.45, 7) is 3.69. The molecule has 1 aromatic carbocycles. The lowest BCUT2D eigenvalue weighted by molar-refractivity contribution is -0.147. The highest BCUT2D eigenvalue weighted by molar-refractivity contribution is 5.72. The van der Waals surface area contributed by atoms with Crippen LogP contribution in [0.5, 0.6) is 5.75 Å². The molecule has 0 saturated heterocycles. The smallest absolute Gasteiger partial charge is 0.419 e. The van der Waals surface area contributed by atoms with Crippen LogP contribution in [0.25, 0.3) is 0 Å². The van der Waals surface area contributed by atoms with Gasteiger partial charge in [0.1, 0.15) is 12.4 Å². The van der Waals surface area contributed by atoms with Crippen LogP contribution in [0.2, 0.25) is 0 Å². The fourth-order valence-corrected chi connectivity index (χ4v) is 1.99. The molecule has 0 aliphatic rings. The maximum Gasteiger partial charge on any atom is 0.419 e. The van der Waals surface area contributed by atoms with Crippen LogP contribution >= 0.6 is 0 Å². The van der Waals surface area contributed by atoms with Gasteiger partial charge in [0.15, 0.2) is 0 Å². The van der Waals surface area contributed by atoms with Gasteiger partial charge in [-0.05, 0) is 24.5 Å². The molecule has 0 fully saturated rings. The number of benzene rings is 1. The average molecular weight is 304 g/mol. The Bertz CT molecular complexity index is 469. The van der Waals surface area contributed by atoms with Gasteiger partial charge in [-0.25, -0.2) is 0 Å². The molecule has 1 unspecified atom stereocenters. The molecule has 118 valence electrons. The number of alkyl halides is 3. The monoisotopic (exact) mass is 304 g/mol. The molecule has 0 spiro atoms. The van der Waals surface area contributed by atoms with E-state index in [1.165, 1.54) is 25.3 Å². The number of hydrogen-bond donors (Lipinski definition) is 0. The molecule has 0 radical (unpaired) electrons. The van der Waals surface area contributed by atoms with Crippen molar-refractivity contribution in [3.8, 4) is 5.75 Å². The van der Waals surface area contributed by atoms with Gasteiger partial charge in [-0.2, -0.15) is 13.2 Å². The predicted octanol–water partition coefficient (Wildman–Crippen LogP) is 3.92. The van der Waals surface area contributed by atoms with Crippen LogP contribution in [-0.4, -0.2) is 19.7 Å². The summed E-state index contributed by atoms with van der Waals surface area (Å²) in [4.78, 5) is 11.6. The highest BCUT2D eigenvalue weighted by atomic mass is 19.4. The fourth-order valence-electron chi connectivity index (χ4n) is 1.99. The third kappa shape index (κ3) is 5.28. The predicted molar refractivity (Wildman–Crippen MR) is 71.9 cm³/mol. The second-order valence-electron chi connectivity index (χ2n) is 5.15. The normalized spacial score (nSPS) is 13.1. The van der Waals surface area contributed by atoms with Gasteiger partial charge in [-0.3, -0.25) is 4.79 Å². The quantitative estimate of drug-likeness (QED) is 0.747. The van der Waals surface area contributed by atoms with E-state index in [0.717, 1.165) is 6.07 Å². The van der Waals surface area contributed by atoms with Crippen LogP contribution in [0.4, 0.5) is 13.2 Å². The van der Waals surface area contributed by atoms with Gasteiger partial charge in [0.2, 0.25) is 0 Å². The number of hydrogen-bond acceptors (Lipinski definition) is 3. The van der Waals surface area contributed by atoms with E-state index in [0.29, 0.717) is 6.42 Å². The Hall–Kier alpha value is -1.72. The van der Waals surface area contributed by atoms with Crippen LogP contribution in [0, 0.1) is 11.8 Å². The molecule has 1 atom stereocenters. The summed E-state index contributed by atoms with van der Waals surface area (Å²) in [6, 6.07) is 4.94. The Labute approximate surface area is 122 Å². The second-order valence-corrected chi connectivity index (χ2v) is 5.15. The summed E-state index contributed by atoms with van der Waals surface area (Å²) in [6.07, 6.45) is -4.00. The van der Waals surface area contributed by atoms with Crippen molar-refractivity contribution < 1.29 is 27.4 Å². The van der Waals surface area contributed by atoms with E-state index in [1.807, 2.05) is 13.8 Å². The highest BCUT2D eigenvalue weighted by Gasteiger charge is 2.34. The third-order valence-electron chi connectivity index (χ3n) is 2.92.